The van der Waals surface area contributed by atoms with Crippen LogP contribution in [0.5, 0.6) is 0 Å². The van der Waals surface area contributed by atoms with Crippen LogP contribution in [0, 0.1) is 12.7 Å². The second-order valence-electron chi connectivity index (χ2n) is 6.74. The maximum absolute atomic E-state index is 14.7. The van der Waals surface area contributed by atoms with E-state index in [0.29, 0.717) is 17.7 Å². The molecule has 136 valence electrons. The summed E-state index contributed by atoms with van der Waals surface area (Å²) in [7, 11) is 1.88. The summed E-state index contributed by atoms with van der Waals surface area (Å²) in [6.07, 6.45) is 1.67. The summed E-state index contributed by atoms with van der Waals surface area (Å²) in [6.45, 7) is 2.67. The van der Waals surface area contributed by atoms with Crippen molar-refractivity contribution in [3.8, 4) is 11.1 Å². The number of hydrogen-bond donors (Lipinski definition) is 1. The number of carbonyl (C=O) groups excluding carboxylic acids is 1. The molecule has 2 heterocycles. The molecule has 3 aromatic rings. The van der Waals surface area contributed by atoms with E-state index in [2.05, 4.69) is 10.3 Å². The largest absolute Gasteiger partial charge is 0.388 e. The SMILES string of the molecule is CNc1ccc(-c2ccc(CN3Cc4ncccc4C3=O)c(F)c2)cc1C. The molecule has 0 saturated heterocycles. The molecule has 0 fully saturated rings. The first-order chi connectivity index (χ1) is 13.1. The van der Waals surface area contributed by atoms with Gasteiger partial charge in [-0.05, 0) is 53.9 Å². The van der Waals surface area contributed by atoms with Crippen LogP contribution in [0.1, 0.15) is 27.2 Å². The van der Waals surface area contributed by atoms with Crippen LogP contribution in [0.2, 0.25) is 0 Å². The number of benzene rings is 2. The van der Waals surface area contributed by atoms with Gasteiger partial charge in [-0.15, -0.1) is 0 Å². The highest BCUT2D eigenvalue weighted by molar-refractivity contribution is 5.97. The van der Waals surface area contributed by atoms with E-state index in [1.165, 1.54) is 6.07 Å². The van der Waals surface area contributed by atoms with Crippen LogP contribution in [0.25, 0.3) is 11.1 Å². The summed E-state index contributed by atoms with van der Waals surface area (Å²) < 4.78 is 14.7. The van der Waals surface area contributed by atoms with E-state index >= 15 is 0 Å². The van der Waals surface area contributed by atoms with Gasteiger partial charge in [0.2, 0.25) is 0 Å². The fraction of sp³-hybridized carbons (Fsp3) is 0.182. The van der Waals surface area contributed by atoms with Gasteiger partial charge in [0.15, 0.2) is 0 Å². The van der Waals surface area contributed by atoms with Gasteiger partial charge < -0.3 is 10.2 Å². The number of aromatic nitrogens is 1. The number of aryl methyl sites for hydroxylation is 1. The van der Waals surface area contributed by atoms with Crippen molar-refractivity contribution in [1.82, 2.24) is 9.88 Å². The molecular formula is C22H20FN3O. The normalized spacial score (nSPS) is 13.0. The third kappa shape index (κ3) is 3.16. The van der Waals surface area contributed by atoms with Gasteiger partial charge in [-0.2, -0.15) is 0 Å². The number of nitrogens with one attached hydrogen (secondary N) is 1. The smallest absolute Gasteiger partial charge is 0.256 e. The first-order valence-corrected chi connectivity index (χ1v) is 8.87. The van der Waals surface area contributed by atoms with Crippen molar-refractivity contribution in [2.24, 2.45) is 0 Å². The first kappa shape index (κ1) is 17.2. The van der Waals surface area contributed by atoms with Crippen LogP contribution in [-0.2, 0) is 13.1 Å². The predicted octanol–water partition coefficient (Wildman–Crippen LogP) is 4.39. The molecule has 0 spiro atoms. The molecule has 2 aromatic carbocycles. The third-order valence-corrected chi connectivity index (χ3v) is 4.99. The number of nitrogens with zero attached hydrogens (tertiary/aromatic N) is 2. The zero-order chi connectivity index (χ0) is 19.0. The lowest BCUT2D eigenvalue weighted by molar-refractivity contribution is 0.0765. The van der Waals surface area contributed by atoms with E-state index in [4.69, 9.17) is 0 Å². The van der Waals surface area contributed by atoms with Gasteiger partial charge in [-0.1, -0.05) is 18.2 Å². The number of pyridine rings is 1. The molecule has 1 aromatic heterocycles. The van der Waals surface area contributed by atoms with Gasteiger partial charge >= 0.3 is 0 Å². The van der Waals surface area contributed by atoms with Crippen molar-refractivity contribution in [1.29, 1.82) is 0 Å². The standard InChI is InChI=1S/C22H20FN3O/c1-14-10-15(7-8-20(14)24-2)16-5-6-17(19(23)11-16)12-26-13-21-18(22(26)27)4-3-9-25-21/h3-11,24H,12-13H2,1-2H3. The van der Waals surface area contributed by atoms with Gasteiger partial charge in [0, 0.05) is 31.0 Å². The maximum atomic E-state index is 14.7. The molecule has 0 radical (unpaired) electrons. The molecule has 0 bridgehead atoms. The van der Waals surface area contributed by atoms with Gasteiger partial charge in [0.25, 0.3) is 5.91 Å². The quantitative estimate of drug-likeness (QED) is 0.749. The average molecular weight is 361 g/mol. The summed E-state index contributed by atoms with van der Waals surface area (Å²) in [5.41, 5.74) is 5.80. The summed E-state index contributed by atoms with van der Waals surface area (Å²) in [5, 5.41) is 3.13. The number of amides is 1. The summed E-state index contributed by atoms with van der Waals surface area (Å²) in [6, 6.07) is 14.7. The molecular weight excluding hydrogens is 341 g/mol. The predicted molar refractivity (Wildman–Crippen MR) is 104 cm³/mol. The van der Waals surface area contributed by atoms with Crippen LogP contribution in [0.3, 0.4) is 0 Å². The van der Waals surface area contributed by atoms with E-state index in [0.717, 1.165) is 28.1 Å². The highest BCUT2D eigenvalue weighted by atomic mass is 19.1. The van der Waals surface area contributed by atoms with Crippen LogP contribution >= 0.6 is 0 Å². The Labute approximate surface area is 157 Å². The topological polar surface area (TPSA) is 45.2 Å². The summed E-state index contributed by atoms with van der Waals surface area (Å²) in [4.78, 5) is 18.3. The number of hydrogen-bond acceptors (Lipinski definition) is 3. The minimum absolute atomic E-state index is 0.0974. The number of fused-ring (bicyclic) bond motifs is 1. The lowest BCUT2D eigenvalue weighted by Gasteiger charge is -2.16. The molecule has 1 aliphatic rings. The van der Waals surface area contributed by atoms with E-state index in [1.807, 2.05) is 38.2 Å². The number of rotatable bonds is 4. The molecule has 0 aliphatic carbocycles. The Balaban J connectivity index is 1.56. The molecule has 1 N–H and O–H groups in total. The molecule has 27 heavy (non-hydrogen) atoms. The Kier molecular flexibility index (Phi) is 4.36. The van der Waals surface area contributed by atoms with E-state index < -0.39 is 0 Å². The fourth-order valence-electron chi connectivity index (χ4n) is 3.49. The number of carbonyl (C=O) groups is 1. The molecule has 0 saturated carbocycles. The Bertz CT molecular complexity index is 1030. The zero-order valence-electron chi connectivity index (χ0n) is 15.3. The molecule has 0 atom stereocenters. The zero-order valence-corrected chi connectivity index (χ0v) is 15.3. The van der Waals surface area contributed by atoms with Gasteiger partial charge in [-0.25, -0.2) is 4.39 Å². The second kappa shape index (κ2) is 6.83. The van der Waals surface area contributed by atoms with E-state index in [-0.39, 0.29) is 18.3 Å². The molecule has 5 heteroatoms. The van der Waals surface area contributed by atoms with Crippen molar-refractivity contribution < 1.29 is 9.18 Å². The molecule has 0 unspecified atom stereocenters. The lowest BCUT2D eigenvalue weighted by Crippen LogP contribution is -2.23. The summed E-state index contributed by atoms with van der Waals surface area (Å²) in [5.74, 6) is -0.403. The van der Waals surface area contributed by atoms with E-state index in [9.17, 15) is 9.18 Å². The number of halogens is 1. The minimum atomic E-state index is -0.306. The Morgan fingerprint density at radius 2 is 1.93 bits per heavy atom. The van der Waals surface area contributed by atoms with Gasteiger partial charge in [0.1, 0.15) is 5.82 Å². The highest BCUT2D eigenvalue weighted by Gasteiger charge is 2.28. The average Bonchev–Trinajstić information content (AvgIpc) is 2.99. The monoisotopic (exact) mass is 361 g/mol. The lowest BCUT2D eigenvalue weighted by atomic mass is 10.0. The molecule has 1 amide bonds. The van der Waals surface area contributed by atoms with Crippen LogP contribution in [0.4, 0.5) is 10.1 Å². The van der Waals surface area contributed by atoms with Crippen molar-refractivity contribution in [3.05, 3.63) is 82.9 Å². The molecule has 4 rings (SSSR count). The van der Waals surface area contributed by atoms with Crippen LogP contribution in [-0.4, -0.2) is 22.8 Å². The third-order valence-electron chi connectivity index (χ3n) is 4.99. The Morgan fingerprint density at radius 1 is 1.15 bits per heavy atom. The fourth-order valence-corrected chi connectivity index (χ4v) is 3.49. The Morgan fingerprint density at radius 3 is 2.63 bits per heavy atom. The van der Waals surface area contributed by atoms with Crippen molar-refractivity contribution in [2.45, 2.75) is 20.0 Å². The summed E-state index contributed by atoms with van der Waals surface area (Å²) >= 11 is 0. The van der Waals surface area contributed by atoms with Crippen molar-refractivity contribution in [3.63, 3.8) is 0 Å². The Hall–Kier alpha value is -3.21. The number of anilines is 1. The van der Waals surface area contributed by atoms with Gasteiger partial charge in [-0.3, -0.25) is 9.78 Å². The maximum Gasteiger partial charge on any atom is 0.256 e. The van der Waals surface area contributed by atoms with Crippen LogP contribution in [0.15, 0.2) is 54.7 Å². The highest BCUT2D eigenvalue weighted by Crippen LogP contribution is 2.28. The van der Waals surface area contributed by atoms with Crippen LogP contribution < -0.4 is 5.32 Å². The van der Waals surface area contributed by atoms with E-state index in [1.54, 1.807) is 29.3 Å². The molecule has 4 nitrogen and oxygen atoms in total. The van der Waals surface area contributed by atoms with Crippen molar-refractivity contribution >= 4 is 11.6 Å². The van der Waals surface area contributed by atoms with Crippen molar-refractivity contribution in [2.75, 3.05) is 12.4 Å². The first-order valence-electron chi connectivity index (χ1n) is 8.87. The minimum Gasteiger partial charge on any atom is -0.388 e. The second-order valence-corrected chi connectivity index (χ2v) is 6.74. The van der Waals surface area contributed by atoms with Gasteiger partial charge in [0.05, 0.1) is 17.8 Å². The molecule has 1 aliphatic heterocycles.